The van der Waals surface area contributed by atoms with E-state index < -0.39 is 0 Å². The zero-order chi connectivity index (χ0) is 14.7. The Morgan fingerprint density at radius 1 is 1.14 bits per heavy atom. The van der Waals surface area contributed by atoms with Crippen LogP contribution in [-0.2, 0) is 11.3 Å². The van der Waals surface area contributed by atoms with E-state index in [2.05, 4.69) is 33.4 Å². The topological polar surface area (TPSA) is 32.3 Å². The molecule has 1 aliphatic rings. The predicted molar refractivity (Wildman–Crippen MR) is 89.5 cm³/mol. The van der Waals surface area contributed by atoms with E-state index in [1.165, 1.54) is 5.56 Å². The highest BCUT2D eigenvalue weighted by atomic mass is 79.9. The van der Waals surface area contributed by atoms with E-state index in [1.807, 2.05) is 41.3 Å². The van der Waals surface area contributed by atoms with Gasteiger partial charge in [0.15, 0.2) is 0 Å². The lowest BCUT2D eigenvalue weighted by atomic mass is 10.2. The summed E-state index contributed by atoms with van der Waals surface area (Å²) in [6, 6.07) is 16.2. The number of hydrogen-bond donors (Lipinski definition) is 1. The number of nitrogens with one attached hydrogen (secondary N) is 1. The van der Waals surface area contributed by atoms with Crippen molar-refractivity contribution in [1.29, 1.82) is 0 Å². The van der Waals surface area contributed by atoms with Gasteiger partial charge in [0, 0.05) is 24.0 Å². The van der Waals surface area contributed by atoms with Crippen molar-refractivity contribution in [2.24, 2.45) is 0 Å². The average molecular weight is 345 g/mol. The van der Waals surface area contributed by atoms with Crippen LogP contribution < -0.4 is 10.2 Å². The maximum atomic E-state index is 11.9. The lowest BCUT2D eigenvalue weighted by molar-refractivity contribution is -0.117. The van der Waals surface area contributed by atoms with E-state index in [4.69, 9.17) is 0 Å². The minimum atomic E-state index is 0.215. The summed E-state index contributed by atoms with van der Waals surface area (Å²) in [5.41, 5.74) is 3.19. The van der Waals surface area contributed by atoms with Gasteiger partial charge in [-0.05, 0) is 36.2 Å². The van der Waals surface area contributed by atoms with Crippen molar-refractivity contribution in [3.63, 3.8) is 0 Å². The number of para-hydroxylation sites is 2. The SMILES string of the molecule is O=C1CCCN1c1ccccc1NCc1cccc(Br)c1. The number of carbonyl (C=O) groups is 1. The molecule has 3 nitrogen and oxygen atoms in total. The van der Waals surface area contributed by atoms with Crippen molar-refractivity contribution in [2.45, 2.75) is 19.4 Å². The van der Waals surface area contributed by atoms with Gasteiger partial charge in [0.05, 0.1) is 11.4 Å². The van der Waals surface area contributed by atoms with E-state index in [0.717, 1.165) is 35.4 Å². The molecule has 21 heavy (non-hydrogen) atoms. The highest BCUT2D eigenvalue weighted by Crippen LogP contribution is 2.29. The number of hydrogen-bond acceptors (Lipinski definition) is 2. The van der Waals surface area contributed by atoms with Gasteiger partial charge < -0.3 is 10.2 Å². The van der Waals surface area contributed by atoms with Crippen LogP contribution in [0.4, 0.5) is 11.4 Å². The molecule has 0 atom stereocenters. The number of rotatable bonds is 4. The molecule has 0 aromatic heterocycles. The maximum Gasteiger partial charge on any atom is 0.227 e. The molecule has 2 aromatic carbocycles. The summed E-state index contributed by atoms with van der Waals surface area (Å²) in [4.78, 5) is 13.8. The van der Waals surface area contributed by atoms with E-state index >= 15 is 0 Å². The molecule has 0 radical (unpaired) electrons. The van der Waals surface area contributed by atoms with Crippen LogP contribution >= 0.6 is 15.9 Å². The zero-order valence-corrected chi connectivity index (χ0v) is 13.3. The fraction of sp³-hybridized carbons (Fsp3) is 0.235. The van der Waals surface area contributed by atoms with Crippen molar-refractivity contribution in [3.8, 4) is 0 Å². The van der Waals surface area contributed by atoms with E-state index in [9.17, 15) is 4.79 Å². The van der Waals surface area contributed by atoms with Gasteiger partial charge in [-0.1, -0.05) is 40.2 Å². The summed E-state index contributed by atoms with van der Waals surface area (Å²) in [5, 5.41) is 3.44. The van der Waals surface area contributed by atoms with Crippen LogP contribution in [-0.4, -0.2) is 12.5 Å². The van der Waals surface area contributed by atoms with E-state index in [-0.39, 0.29) is 5.91 Å². The minimum absolute atomic E-state index is 0.215. The first-order valence-electron chi connectivity index (χ1n) is 7.12. The van der Waals surface area contributed by atoms with Gasteiger partial charge in [-0.25, -0.2) is 0 Å². The molecule has 0 bridgehead atoms. The first kappa shape index (κ1) is 14.1. The van der Waals surface area contributed by atoms with Crippen molar-refractivity contribution in [1.82, 2.24) is 0 Å². The second kappa shape index (κ2) is 6.31. The van der Waals surface area contributed by atoms with Crippen LogP contribution in [0.1, 0.15) is 18.4 Å². The summed E-state index contributed by atoms with van der Waals surface area (Å²) in [5.74, 6) is 0.215. The molecule has 2 aromatic rings. The molecule has 0 aliphatic carbocycles. The number of nitrogens with zero attached hydrogens (tertiary/aromatic N) is 1. The van der Waals surface area contributed by atoms with E-state index in [0.29, 0.717) is 6.42 Å². The fourth-order valence-corrected chi connectivity index (χ4v) is 3.05. The van der Waals surface area contributed by atoms with Crippen LogP contribution in [0.5, 0.6) is 0 Å². The third-order valence-electron chi connectivity index (χ3n) is 3.64. The Morgan fingerprint density at radius 3 is 2.76 bits per heavy atom. The first-order chi connectivity index (χ1) is 10.2. The summed E-state index contributed by atoms with van der Waals surface area (Å²) in [6.45, 7) is 1.55. The molecular formula is C17H17BrN2O. The Hall–Kier alpha value is -1.81. The van der Waals surface area contributed by atoms with Crippen molar-refractivity contribution >= 4 is 33.2 Å². The monoisotopic (exact) mass is 344 g/mol. The lowest BCUT2D eigenvalue weighted by Crippen LogP contribution is -2.24. The number of benzene rings is 2. The molecule has 1 fully saturated rings. The molecule has 4 heteroatoms. The quantitative estimate of drug-likeness (QED) is 0.901. The predicted octanol–water partition coefficient (Wildman–Crippen LogP) is 4.19. The second-order valence-electron chi connectivity index (χ2n) is 5.15. The molecule has 108 valence electrons. The number of halogens is 1. The lowest BCUT2D eigenvalue weighted by Gasteiger charge is -2.20. The standard InChI is InChI=1S/C17H17BrN2O/c18-14-6-3-5-13(11-14)12-19-15-7-1-2-8-16(15)20-10-4-9-17(20)21/h1-3,5-8,11,19H,4,9-10,12H2. The molecule has 1 N–H and O–H groups in total. The van der Waals surface area contributed by atoms with Crippen molar-refractivity contribution < 1.29 is 4.79 Å². The average Bonchev–Trinajstić information content (AvgIpc) is 2.91. The van der Waals surface area contributed by atoms with Crippen LogP contribution in [0.2, 0.25) is 0 Å². The second-order valence-corrected chi connectivity index (χ2v) is 6.07. The van der Waals surface area contributed by atoms with Crippen molar-refractivity contribution in [3.05, 3.63) is 58.6 Å². The Balaban J connectivity index is 1.78. The minimum Gasteiger partial charge on any atom is -0.379 e. The third-order valence-corrected chi connectivity index (χ3v) is 4.13. The van der Waals surface area contributed by atoms with Crippen LogP contribution in [0.25, 0.3) is 0 Å². The van der Waals surface area contributed by atoms with Gasteiger partial charge >= 0.3 is 0 Å². The first-order valence-corrected chi connectivity index (χ1v) is 7.91. The summed E-state index contributed by atoms with van der Waals surface area (Å²) in [7, 11) is 0. The molecule has 3 rings (SSSR count). The van der Waals surface area contributed by atoms with Gasteiger partial charge in [0.25, 0.3) is 0 Å². The van der Waals surface area contributed by atoms with Crippen LogP contribution in [0, 0.1) is 0 Å². The zero-order valence-electron chi connectivity index (χ0n) is 11.7. The highest BCUT2D eigenvalue weighted by Gasteiger charge is 2.23. The Kier molecular flexibility index (Phi) is 4.25. The van der Waals surface area contributed by atoms with Gasteiger partial charge in [0.1, 0.15) is 0 Å². The molecular weight excluding hydrogens is 328 g/mol. The van der Waals surface area contributed by atoms with Gasteiger partial charge in [-0.3, -0.25) is 4.79 Å². The van der Waals surface area contributed by atoms with Gasteiger partial charge in [-0.15, -0.1) is 0 Å². The Bertz CT molecular complexity index is 657. The number of carbonyl (C=O) groups excluding carboxylic acids is 1. The van der Waals surface area contributed by atoms with Crippen molar-refractivity contribution in [2.75, 3.05) is 16.8 Å². The maximum absolute atomic E-state index is 11.9. The number of amides is 1. The van der Waals surface area contributed by atoms with E-state index in [1.54, 1.807) is 0 Å². The Labute approximate surface area is 133 Å². The van der Waals surface area contributed by atoms with Crippen LogP contribution in [0.3, 0.4) is 0 Å². The molecule has 1 aliphatic heterocycles. The number of anilines is 2. The fourth-order valence-electron chi connectivity index (χ4n) is 2.61. The molecule has 0 spiro atoms. The van der Waals surface area contributed by atoms with Gasteiger partial charge in [0.2, 0.25) is 5.91 Å². The molecule has 1 heterocycles. The summed E-state index contributed by atoms with van der Waals surface area (Å²) >= 11 is 3.48. The third kappa shape index (κ3) is 3.27. The van der Waals surface area contributed by atoms with Crippen LogP contribution in [0.15, 0.2) is 53.0 Å². The highest BCUT2D eigenvalue weighted by molar-refractivity contribution is 9.10. The largest absolute Gasteiger partial charge is 0.379 e. The molecule has 1 saturated heterocycles. The summed E-state index contributed by atoms with van der Waals surface area (Å²) < 4.78 is 1.07. The Morgan fingerprint density at radius 2 is 2.00 bits per heavy atom. The molecule has 0 saturated carbocycles. The summed E-state index contributed by atoms with van der Waals surface area (Å²) in [6.07, 6.45) is 1.60. The smallest absolute Gasteiger partial charge is 0.227 e. The molecule has 0 unspecified atom stereocenters. The van der Waals surface area contributed by atoms with Gasteiger partial charge in [-0.2, -0.15) is 0 Å². The normalized spacial score (nSPS) is 14.5. The molecule has 1 amide bonds.